The maximum absolute atomic E-state index is 12.6. The number of rotatable bonds is 3. The number of benzene rings is 1. The van der Waals surface area contributed by atoms with Gasteiger partial charge in [-0.25, -0.2) is 0 Å². The van der Waals surface area contributed by atoms with Gasteiger partial charge >= 0.3 is 6.18 Å². The lowest BCUT2D eigenvalue weighted by Gasteiger charge is -2.14. The van der Waals surface area contributed by atoms with E-state index in [1.165, 1.54) is 6.92 Å². The third kappa shape index (κ3) is 4.28. The highest BCUT2D eigenvalue weighted by Gasteiger charge is 2.31. The standard InChI is InChI=1S/C12H10F3N3O2/c1-7(19)17-9-3-2-8(12(13,14)15)6-10(9)18-11(20)4-5-16/h2-3,6H,4H2,1H3,(H,17,19)(H,18,20). The first-order valence-electron chi connectivity index (χ1n) is 5.39. The van der Waals surface area contributed by atoms with Crippen molar-refractivity contribution in [1.29, 1.82) is 5.26 Å². The maximum atomic E-state index is 12.6. The Kier molecular flexibility index (Phi) is 4.69. The predicted molar refractivity (Wildman–Crippen MR) is 64.6 cm³/mol. The summed E-state index contributed by atoms with van der Waals surface area (Å²) < 4.78 is 37.8. The minimum atomic E-state index is -4.58. The van der Waals surface area contributed by atoms with E-state index < -0.39 is 30.0 Å². The number of anilines is 2. The summed E-state index contributed by atoms with van der Waals surface area (Å²) in [6.07, 6.45) is -5.08. The number of halogens is 3. The summed E-state index contributed by atoms with van der Waals surface area (Å²) in [4.78, 5) is 22.2. The van der Waals surface area contributed by atoms with Crippen LogP contribution in [0.3, 0.4) is 0 Å². The van der Waals surface area contributed by atoms with E-state index in [1.54, 1.807) is 6.07 Å². The van der Waals surface area contributed by atoms with E-state index in [1.807, 2.05) is 0 Å². The van der Waals surface area contributed by atoms with Crippen LogP contribution < -0.4 is 10.6 Å². The highest BCUT2D eigenvalue weighted by atomic mass is 19.4. The molecule has 5 nitrogen and oxygen atoms in total. The summed E-state index contributed by atoms with van der Waals surface area (Å²) in [6, 6.07) is 4.08. The fourth-order valence-electron chi connectivity index (χ4n) is 1.39. The average Bonchev–Trinajstić information content (AvgIpc) is 2.29. The molecule has 8 heteroatoms. The van der Waals surface area contributed by atoms with Gasteiger partial charge in [0.1, 0.15) is 6.42 Å². The molecule has 106 valence electrons. The molecule has 0 aromatic heterocycles. The third-order valence-electron chi connectivity index (χ3n) is 2.17. The van der Waals surface area contributed by atoms with Crippen LogP contribution in [-0.4, -0.2) is 11.8 Å². The van der Waals surface area contributed by atoms with Gasteiger partial charge in [0.25, 0.3) is 0 Å². The maximum Gasteiger partial charge on any atom is 0.416 e. The van der Waals surface area contributed by atoms with E-state index in [9.17, 15) is 22.8 Å². The second-order valence-electron chi connectivity index (χ2n) is 3.82. The van der Waals surface area contributed by atoms with Crippen LogP contribution in [-0.2, 0) is 15.8 Å². The first kappa shape index (κ1) is 15.5. The zero-order valence-electron chi connectivity index (χ0n) is 10.3. The molecule has 0 heterocycles. The topological polar surface area (TPSA) is 82.0 Å². The molecular weight excluding hydrogens is 275 g/mol. The third-order valence-corrected chi connectivity index (χ3v) is 2.17. The Labute approximate surface area is 112 Å². The number of amides is 2. The molecule has 0 aliphatic heterocycles. The van der Waals surface area contributed by atoms with E-state index in [0.717, 1.165) is 12.1 Å². The molecule has 20 heavy (non-hydrogen) atoms. The van der Waals surface area contributed by atoms with Gasteiger partial charge in [-0.3, -0.25) is 9.59 Å². The number of alkyl halides is 3. The van der Waals surface area contributed by atoms with Gasteiger partial charge in [0.2, 0.25) is 11.8 Å². The van der Waals surface area contributed by atoms with Gasteiger partial charge in [-0.2, -0.15) is 18.4 Å². The number of hydrogen-bond donors (Lipinski definition) is 2. The molecule has 1 aromatic rings. The van der Waals surface area contributed by atoms with E-state index in [2.05, 4.69) is 10.6 Å². The largest absolute Gasteiger partial charge is 0.416 e. The molecule has 0 atom stereocenters. The van der Waals surface area contributed by atoms with Crippen molar-refractivity contribution in [2.45, 2.75) is 19.5 Å². The van der Waals surface area contributed by atoms with Crippen LogP contribution in [0.4, 0.5) is 24.5 Å². The summed E-state index contributed by atoms with van der Waals surface area (Å²) in [5, 5.41) is 12.8. The fraction of sp³-hybridized carbons (Fsp3) is 0.250. The molecule has 0 radical (unpaired) electrons. The number of nitrogens with one attached hydrogen (secondary N) is 2. The first-order valence-corrected chi connectivity index (χ1v) is 5.39. The summed E-state index contributed by atoms with van der Waals surface area (Å²) >= 11 is 0. The monoisotopic (exact) mass is 285 g/mol. The van der Waals surface area contributed by atoms with Crippen molar-refractivity contribution in [2.24, 2.45) is 0 Å². The molecule has 1 rings (SSSR count). The van der Waals surface area contributed by atoms with Gasteiger partial charge in [0.15, 0.2) is 0 Å². The Morgan fingerprint density at radius 1 is 1.25 bits per heavy atom. The minimum absolute atomic E-state index is 0.0248. The van der Waals surface area contributed by atoms with Crippen LogP contribution in [0, 0.1) is 11.3 Å². The second-order valence-corrected chi connectivity index (χ2v) is 3.82. The summed E-state index contributed by atoms with van der Waals surface area (Å²) in [5.74, 6) is -1.26. The molecule has 2 amide bonds. The molecule has 0 saturated carbocycles. The lowest BCUT2D eigenvalue weighted by molar-refractivity contribution is -0.137. The predicted octanol–water partition coefficient (Wildman–Crippen LogP) is 2.52. The van der Waals surface area contributed by atoms with Crippen LogP contribution >= 0.6 is 0 Å². The Morgan fingerprint density at radius 3 is 2.40 bits per heavy atom. The van der Waals surface area contributed by atoms with Crippen LogP contribution in [0.2, 0.25) is 0 Å². The van der Waals surface area contributed by atoms with Crippen LogP contribution in [0.5, 0.6) is 0 Å². The number of hydrogen-bond acceptors (Lipinski definition) is 3. The van der Waals surface area contributed by atoms with Gasteiger partial charge in [-0.15, -0.1) is 0 Å². The summed E-state index contributed by atoms with van der Waals surface area (Å²) in [7, 11) is 0. The van der Waals surface area contributed by atoms with E-state index in [0.29, 0.717) is 6.07 Å². The van der Waals surface area contributed by atoms with Gasteiger partial charge in [0.05, 0.1) is 23.0 Å². The summed E-state index contributed by atoms with van der Waals surface area (Å²) in [6.45, 7) is 1.18. The van der Waals surface area contributed by atoms with Gasteiger partial charge in [-0.1, -0.05) is 0 Å². The number of carbonyl (C=O) groups is 2. The normalized spacial score (nSPS) is 10.6. The SMILES string of the molecule is CC(=O)Nc1ccc(C(F)(F)F)cc1NC(=O)CC#N. The fourth-order valence-corrected chi connectivity index (χ4v) is 1.39. The molecule has 0 bridgehead atoms. The van der Waals surface area contributed by atoms with Crippen LogP contribution in [0.25, 0.3) is 0 Å². The van der Waals surface area contributed by atoms with Crippen LogP contribution in [0.1, 0.15) is 18.9 Å². The quantitative estimate of drug-likeness (QED) is 0.895. The van der Waals surface area contributed by atoms with Gasteiger partial charge in [0, 0.05) is 6.92 Å². The summed E-state index contributed by atoms with van der Waals surface area (Å²) in [5.41, 5.74) is -1.16. The van der Waals surface area contributed by atoms with Crippen molar-refractivity contribution in [1.82, 2.24) is 0 Å². The number of nitriles is 1. The van der Waals surface area contributed by atoms with Crippen LogP contribution in [0.15, 0.2) is 18.2 Å². The zero-order chi connectivity index (χ0) is 15.3. The van der Waals surface area contributed by atoms with E-state index >= 15 is 0 Å². The van der Waals surface area contributed by atoms with E-state index in [-0.39, 0.29) is 11.4 Å². The molecular formula is C12H10F3N3O2. The molecule has 0 fully saturated rings. The van der Waals surface area contributed by atoms with Crippen molar-refractivity contribution in [3.63, 3.8) is 0 Å². The van der Waals surface area contributed by atoms with E-state index in [4.69, 9.17) is 5.26 Å². The molecule has 0 spiro atoms. The van der Waals surface area contributed by atoms with Gasteiger partial charge < -0.3 is 10.6 Å². The lowest BCUT2D eigenvalue weighted by Crippen LogP contribution is -2.15. The highest BCUT2D eigenvalue weighted by molar-refractivity contribution is 5.99. The molecule has 1 aromatic carbocycles. The lowest BCUT2D eigenvalue weighted by atomic mass is 10.1. The Hall–Kier alpha value is -2.56. The first-order chi connectivity index (χ1) is 9.24. The van der Waals surface area contributed by atoms with Crippen molar-refractivity contribution in [3.8, 4) is 6.07 Å². The molecule has 0 unspecified atom stereocenters. The van der Waals surface area contributed by atoms with Crippen molar-refractivity contribution < 1.29 is 22.8 Å². The number of carbonyl (C=O) groups excluding carboxylic acids is 2. The second kappa shape index (κ2) is 6.06. The smallest absolute Gasteiger partial charge is 0.325 e. The van der Waals surface area contributed by atoms with Crippen molar-refractivity contribution >= 4 is 23.2 Å². The molecule has 0 aliphatic rings. The zero-order valence-corrected chi connectivity index (χ0v) is 10.3. The molecule has 0 aliphatic carbocycles. The highest BCUT2D eigenvalue weighted by Crippen LogP contribution is 2.34. The van der Waals surface area contributed by atoms with Gasteiger partial charge in [-0.05, 0) is 18.2 Å². The number of nitrogens with zero attached hydrogens (tertiary/aromatic N) is 1. The molecule has 0 saturated heterocycles. The van der Waals surface area contributed by atoms with Crippen molar-refractivity contribution in [2.75, 3.05) is 10.6 Å². The average molecular weight is 285 g/mol. The Balaban J connectivity index is 3.16. The van der Waals surface area contributed by atoms with Crippen molar-refractivity contribution in [3.05, 3.63) is 23.8 Å². The molecule has 2 N–H and O–H groups in total. The Bertz CT molecular complexity index is 576. The minimum Gasteiger partial charge on any atom is -0.325 e. The Morgan fingerprint density at radius 2 is 1.90 bits per heavy atom.